The van der Waals surface area contributed by atoms with E-state index in [0.29, 0.717) is 0 Å². The number of nitrogens with one attached hydrogen (secondary N) is 1. The van der Waals surface area contributed by atoms with Gasteiger partial charge in [0.2, 0.25) is 0 Å². The standard InChI is InChI=1S/C10H5F2NO2/c11-6-2-1-3-7(12)9(6)5-4-8(14)13-10(5)15/h1-4H,(H,13,14,15). The monoisotopic (exact) mass is 209 g/mol. The SMILES string of the molecule is O=C1C=C(c2c(F)cccc2F)C(=O)N1. The van der Waals surface area contributed by atoms with Crippen LogP contribution >= 0.6 is 0 Å². The Morgan fingerprint density at radius 1 is 1.07 bits per heavy atom. The van der Waals surface area contributed by atoms with E-state index in [1.807, 2.05) is 5.32 Å². The summed E-state index contributed by atoms with van der Waals surface area (Å²) >= 11 is 0. The fourth-order valence-electron chi connectivity index (χ4n) is 1.35. The van der Waals surface area contributed by atoms with Crippen molar-refractivity contribution in [2.45, 2.75) is 0 Å². The molecule has 1 aliphatic heterocycles. The summed E-state index contributed by atoms with van der Waals surface area (Å²) < 4.78 is 26.5. The van der Waals surface area contributed by atoms with E-state index in [4.69, 9.17) is 0 Å². The number of imide groups is 1. The lowest BCUT2D eigenvalue weighted by atomic mass is 10.1. The van der Waals surface area contributed by atoms with Crippen LogP contribution in [0.1, 0.15) is 5.56 Å². The van der Waals surface area contributed by atoms with Gasteiger partial charge in [0.25, 0.3) is 11.8 Å². The molecular formula is C10H5F2NO2. The summed E-state index contributed by atoms with van der Waals surface area (Å²) in [5.74, 6) is -3.20. The Morgan fingerprint density at radius 2 is 1.67 bits per heavy atom. The predicted molar refractivity (Wildman–Crippen MR) is 47.5 cm³/mol. The molecule has 0 aliphatic carbocycles. The van der Waals surface area contributed by atoms with Gasteiger partial charge in [0, 0.05) is 6.08 Å². The summed E-state index contributed by atoms with van der Waals surface area (Å²) in [6.07, 6.45) is 0.879. The van der Waals surface area contributed by atoms with Crippen molar-refractivity contribution in [1.82, 2.24) is 5.32 Å². The summed E-state index contributed by atoms with van der Waals surface area (Å²) in [6, 6.07) is 3.23. The van der Waals surface area contributed by atoms with Gasteiger partial charge in [-0.2, -0.15) is 0 Å². The first kappa shape index (κ1) is 9.51. The van der Waals surface area contributed by atoms with Gasteiger partial charge in [0.15, 0.2) is 0 Å². The van der Waals surface area contributed by atoms with Crippen LogP contribution in [-0.4, -0.2) is 11.8 Å². The minimum Gasteiger partial charge on any atom is -0.289 e. The number of carbonyl (C=O) groups excluding carboxylic acids is 2. The number of benzene rings is 1. The zero-order valence-electron chi connectivity index (χ0n) is 7.38. The number of hydrogen-bond donors (Lipinski definition) is 1. The number of amides is 2. The quantitative estimate of drug-likeness (QED) is 0.701. The first-order valence-electron chi connectivity index (χ1n) is 4.11. The molecular weight excluding hydrogens is 204 g/mol. The van der Waals surface area contributed by atoms with Crippen LogP contribution in [0, 0.1) is 11.6 Å². The van der Waals surface area contributed by atoms with Gasteiger partial charge in [-0.25, -0.2) is 8.78 Å². The first-order chi connectivity index (χ1) is 7.09. The second-order valence-corrected chi connectivity index (χ2v) is 2.97. The summed E-state index contributed by atoms with van der Waals surface area (Å²) in [5, 5.41) is 1.92. The molecule has 1 aromatic carbocycles. The molecule has 76 valence electrons. The van der Waals surface area contributed by atoms with Crippen LogP contribution in [0.3, 0.4) is 0 Å². The summed E-state index contributed by atoms with van der Waals surface area (Å²) in [7, 11) is 0. The lowest BCUT2D eigenvalue weighted by Gasteiger charge is -2.03. The average molecular weight is 209 g/mol. The maximum Gasteiger partial charge on any atom is 0.259 e. The van der Waals surface area contributed by atoms with Crippen molar-refractivity contribution in [3.05, 3.63) is 41.5 Å². The highest BCUT2D eigenvalue weighted by atomic mass is 19.1. The summed E-state index contributed by atoms with van der Waals surface area (Å²) in [6.45, 7) is 0. The Hall–Kier alpha value is -2.04. The van der Waals surface area contributed by atoms with Crippen molar-refractivity contribution in [3.8, 4) is 0 Å². The molecule has 3 nitrogen and oxygen atoms in total. The molecule has 1 aromatic rings. The molecule has 0 saturated heterocycles. The molecule has 0 unspecified atom stereocenters. The maximum absolute atomic E-state index is 13.2. The van der Waals surface area contributed by atoms with Crippen molar-refractivity contribution in [2.24, 2.45) is 0 Å². The highest BCUT2D eigenvalue weighted by Gasteiger charge is 2.26. The topological polar surface area (TPSA) is 46.2 Å². The molecule has 0 spiro atoms. The van der Waals surface area contributed by atoms with Crippen LogP contribution in [0.4, 0.5) is 8.78 Å². The average Bonchev–Trinajstić information content (AvgIpc) is 2.45. The van der Waals surface area contributed by atoms with Crippen molar-refractivity contribution in [1.29, 1.82) is 0 Å². The fourth-order valence-corrected chi connectivity index (χ4v) is 1.35. The molecule has 0 atom stereocenters. The van der Waals surface area contributed by atoms with Gasteiger partial charge in [-0.1, -0.05) is 6.07 Å². The highest BCUT2D eigenvalue weighted by Crippen LogP contribution is 2.23. The van der Waals surface area contributed by atoms with Crippen LogP contribution in [0.5, 0.6) is 0 Å². The van der Waals surface area contributed by atoms with Crippen LogP contribution in [0.25, 0.3) is 5.57 Å². The van der Waals surface area contributed by atoms with E-state index >= 15 is 0 Å². The van der Waals surface area contributed by atoms with Gasteiger partial charge in [-0.05, 0) is 12.1 Å². The number of halogens is 2. The maximum atomic E-state index is 13.2. The van der Waals surface area contributed by atoms with E-state index in [2.05, 4.69) is 0 Å². The fraction of sp³-hybridized carbons (Fsp3) is 0. The van der Waals surface area contributed by atoms with Gasteiger partial charge in [0.1, 0.15) is 11.6 Å². The van der Waals surface area contributed by atoms with E-state index in [1.165, 1.54) is 6.07 Å². The van der Waals surface area contributed by atoms with Crippen LogP contribution < -0.4 is 5.32 Å². The number of hydrogen-bond acceptors (Lipinski definition) is 2. The molecule has 0 saturated carbocycles. The van der Waals surface area contributed by atoms with Gasteiger partial charge < -0.3 is 0 Å². The largest absolute Gasteiger partial charge is 0.289 e. The molecule has 1 aliphatic rings. The molecule has 2 rings (SSSR count). The molecule has 0 fully saturated rings. The van der Waals surface area contributed by atoms with Crippen molar-refractivity contribution in [3.63, 3.8) is 0 Å². The predicted octanol–water partition coefficient (Wildman–Crippen LogP) is 1.00. The molecule has 2 amide bonds. The Bertz CT molecular complexity index is 474. The highest BCUT2D eigenvalue weighted by molar-refractivity contribution is 6.33. The lowest BCUT2D eigenvalue weighted by Crippen LogP contribution is -2.22. The number of carbonyl (C=O) groups is 2. The van der Waals surface area contributed by atoms with Gasteiger partial charge >= 0.3 is 0 Å². The Balaban J connectivity index is 2.60. The van der Waals surface area contributed by atoms with Crippen molar-refractivity contribution in [2.75, 3.05) is 0 Å². The van der Waals surface area contributed by atoms with Gasteiger partial charge in [-0.3, -0.25) is 14.9 Å². The Labute approximate surface area is 83.4 Å². The molecule has 1 heterocycles. The van der Waals surface area contributed by atoms with Crippen LogP contribution in [0.2, 0.25) is 0 Å². The van der Waals surface area contributed by atoms with E-state index in [0.717, 1.165) is 18.2 Å². The molecule has 0 aromatic heterocycles. The lowest BCUT2D eigenvalue weighted by molar-refractivity contribution is -0.123. The third-order valence-electron chi connectivity index (χ3n) is 1.99. The molecule has 1 N–H and O–H groups in total. The van der Waals surface area contributed by atoms with E-state index in [9.17, 15) is 18.4 Å². The smallest absolute Gasteiger partial charge is 0.259 e. The molecule has 15 heavy (non-hydrogen) atoms. The third-order valence-corrected chi connectivity index (χ3v) is 1.99. The van der Waals surface area contributed by atoms with E-state index in [-0.39, 0.29) is 5.57 Å². The third kappa shape index (κ3) is 1.52. The van der Waals surface area contributed by atoms with Crippen molar-refractivity contribution >= 4 is 17.4 Å². The van der Waals surface area contributed by atoms with E-state index < -0.39 is 29.0 Å². The minimum atomic E-state index is -0.869. The normalized spacial score (nSPS) is 15.2. The minimum absolute atomic E-state index is 0.282. The van der Waals surface area contributed by atoms with Gasteiger partial charge in [-0.15, -0.1) is 0 Å². The summed E-state index contributed by atoms with van der Waals surface area (Å²) in [4.78, 5) is 22.0. The number of rotatable bonds is 1. The Kier molecular flexibility index (Phi) is 2.07. The molecule has 0 bridgehead atoms. The second kappa shape index (κ2) is 3.27. The second-order valence-electron chi connectivity index (χ2n) is 2.97. The van der Waals surface area contributed by atoms with Crippen LogP contribution in [-0.2, 0) is 9.59 Å². The first-order valence-corrected chi connectivity index (χ1v) is 4.11. The Morgan fingerprint density at radius 3 is 2.13 bits per heavy atom. The zero-order valence-corrected chi connectivity index (χ0v) is 7.38. The molecule has 5 heteroatoms. The zero-order chi connectivity index (χ0) is 11.0. The van der Waals surface area contributed by atoms with E-state index in [1.54, 1.807) is 0 Å². The van der Waals surface area contributed by atoms with Gasteiger partial charge in [0.05, 0.1) is 11.1 Å². The summed E-state index contributed by atoms with van der Waals surface area (Å²) in [5.41, 5.74) is -0.753. The molecule has 0 radical (unpaired) electrons. The van der Waals surface area contributed by atoms with Crippen molar-refractivity contribution < 1.29 is 18.4 Å². The van der Waals surface area contributed by atoms with Crippen LogP contribution in [0.15, 0.2) is 24.3 Å².